The Morgan fingerprint density at radius 3 is 2.38 bits per heavy atom. The third kappa shape index (κ3) is 5.67. The first-order valence-corrected chi connectivity index (χ1v) is 8.87. The summed E-state index contributed by atoms with van der Waals surface area (Å²) >= 11 is 5.08. The van der Waals surface area contributed by atoms with E-state index in [0.29, 0.717) is 0 Å². The molecule has 0 N–H and O–H groups in total. The zero-order valence-corrected chi connectivity index (χ0v) is 16.2. The molecule has 0 saturated heterocycles. The number of ether oxygens (including phenoxy) is 1. The average molecular weight is 373 g/mol. The van der Waals surface area contributed by atoms with Crippen molar-refractivity contribution in [1.29, 1.82) is 0 Å². The van der Waals surface area contributed by atoms with Crippen molar-refractivity contribution in [3.8, 4) is 0 Å². The van der Waals surface area contributed by atoms with Gasteiger partial charge in [-0.3, -0.25) is 4.79 Å². The molecule has 1 aromatic carbocycles. The van der Waals surface area contributed by atoms with Gasteiger partial charge in [0, 0.05) is 9.37 Å². The van der Waals surface area contributed by atoms with Gasteiger partial charge in [-0.25, -0.2) is 0 Å². The first kappa shape index (κ1) is 18.6. The van der Waals surface area contributed by atoms with Crippen molar-refractivity contribution in [2.24, 2.45) is 0 Å². The van der Waals surface area contributed by atoms with Crippen LogP contribution in [0.2, 0.25) is 0 Å². The predicted octanol–water partition coefficient (Wildman–Crippen LogP) is 5.75. The Morgan fingerprint density at radius 2 is 1.90 bits per heavy atom. The summed E-state index contributed by atoms with van der Waals surface area (Å²) in [7, 11) is 0. The fourth-order valence-corrected chi connectivity index (χ4v) is 3.78. The third-order valence-electron chi connectivity index (χ3n) is 3.03. The van der Waals surface area contributed by atoms with Crippen LogP contribution in [0.4, 0.5) is 0 Å². The van der Waals surface area contributed by atoms with Crippen LogP contribution in [-0.4, -0.2) is 16.3 Å². The molecule has 118 valence electrons. The van der Waals surface area contributed by atoms with Crippen LogP contribution in [0.25, 0.3) is 0 Å². The number of hydrogen-bond acceptors (Lipinski definition) is 3. The summed E-state index contributed by atoms with van der Waals surface area (Å²) in [5, 5.41) is 0. The molecule has 0 aliphatic carbocycles. The second-order valence-corrected chi connectivity index (χ2v) is 8.96. The SMILES string of the molecule is CCCC(C)(Sc1ccc(Br)cc1C)C(=O)OC(C)(C)C. The number of rotatable bonds is 5. The van der Waals surface area contributed by atoms with E-state index in [-0.39, 0.29) is 5.97 Å². The molecule has 2 nitrogen and oxygen atoms in total. The maximum atomic E-state index is 12.6. The zero-order chi connectivity index (χ0) is 16.3. The van der Waals surface area contributed by atoms with Gasteiger partial charge in [0.05, 0.1) is 0 Å². The molecule has 21 heavy (non-hydrogen) atoms. The van der Waals surface area contributed by atoms with Crippen LogP contribution in [0, 0.1) is 6.92 Å². The second kappa shape index (κ2) is 7.19. The number of esters is 1. The van der Waals surface area contributed by atoms with Crippen LogP contribution in [0.15, 0.2) is 27.6 Å². The Balaban J connectivity index is 3.02. The second-order valence-electron chi connectivity index (χ2n) is 6.49. The molecule has 1 aromatic rings. The molecule has 1 atom stereocenters. The van der Waals surface area contributed by atoms with E-state index in [0.717, 1.165) is 22.2 Å². The van der Waals surface area contributed by atoms with Gasteiger partial charge in [0.1, 0.15) is 10.3 Å². The van der Waals surface area contributed by atoms with Gasteiger partial charge in [-0.1, -0.05) is 29.3 Å². The molecular formula is C17H25BrO2S. The molecule has 0 radical (unpaired) electrons. The van der Waals surface area contributed by atoms with Crippen molar-refractivity contribution in [3.05, 3.63) is 28.2 Å². The van der Waals surface area contributed by atoms with Crippen molar-refractivity contribution >= 4 is 33.7 Å². The molecule has 0 aliphatic rings. The summed E-state index contributed by atoms with van der Waals surface area (Å²) in [5.74, 6) is -0.135. The maximum absolute atomic E-state index is 12.6. The van der Waals surface area contributed by atoms with Crippen molar-refractivity contribution in [2.45, 2.75) is 69.6 Å². The van der Waals surface area contributed by atoms with E-state index < -0.39 is 10.3 Å². The number of thioether (sulfide) groups is 1. The lowest BCUT2D eigenvalue weighted by Gasteiger charge is -2.31. The van der Waals surface area contributed by atoms with Crippen LogP contribution < -0.4 is 0 Å². The van der Waals surface area contributed by atoms with Crippen molar-refractivity contribution in [1.82, 2.24) is 0 Å². The summed E-state index contributed by atoms with van der Waals surface area (Å²) in [4.78, 5) is 13.7. The van der Waals surface area contributed by atoms with Gasteiger partial charge in [0.2, 0.25) is 0 Å². The maximum Gasteiger partial charge on any atom is 0.322 e. The monoisotopic (exact) mass is 372 g/mol. The van der Waals surface area contributed by atoms with Gasteiger partial charge < -0.3 is 4.74 Å². The van der Waals surface area contributed by atoms with Gasteiger partial charge in [-0.05, 0) is 64.8 Å². The van der Waals surface area contributed by atoms with E-state index >= 15 is 0 Å². The van der Waals surface area contributed by atoms with Gasteiger partial charge in [0.15, 0.2) is 0 Å². The Morgan fingerprint density at radius 1 is 1.29 bits per heavy atom. The van der Waals surface area contributed by atoms with E-state index in [1.165, 1.54) is 5.56 Å². The van der Waals surface area contributed by atoms with Crippen LogP contribution in [0.5, 0.6) is 0 Å². The summed E-state index contributed by atoms with van der Waals surface area (Å²) < 4.78 is 6.12. The highest BCUT2D eigenvalue weighted by atomic mass is 79.9. The molecule has 0 aliphatic heterocycles. The first-order chi connectivity index (χ1) is 9.57. The number of benzene rings is 1. The van der Waals surface area contributed by atoms with Crippen LogP contribution in [0.1, 0.15) is 53.0 Å². The standard InChI is InChI=1S/C17H25BrO2S/c1-7-10-17(6,15(19)20-16(3,4)5)21-14-9-8-13(18)11-12(14)2/h8-9,11H,7,10H2,1-6H3. The van der Waals surface area contributed by atoms with E-state index in [1.807, 2.05) is 33.8 Å². The molecule has 1 unspecified atom stereocenters. The Labute approximate surface area is 141 Å². The van der Waals surface area contributed by atoms with E-state index in [1.54, 1.807) is 11.8 Å². The average Bonchev–Trinajstić information content (AvgIpc) is 2.31. The fourth-order valence-electron chi connectivity index (χ4n) is 2.03. The minimum absolute atomic E-state index is 0.135. The lowest BCUT2D eigenvalue weighted by atomic mass is 10.0. The predicted molar refractivity (Wildman–Crippen MR) is 93.9 cm³/mol. The smallest absolute Gasteiger partial charge is 0.322 e. The Bertz CT molecular complexity index is 508. The molecule has 4 heteroatoms. The van der Waals surface area contributed by atoms with Crippen LogP contribution in [-0.2, 0) is 9.53 Å². The molecule has 0 fully saturated rings. The topological polar surface area (TPSA) is 26.3 Å². The largest absolute Gasteiger partial charge is 0.459 e. The molecule has 0 aromatic heterocycles. The van der Waals surface area contributed by atoms with E-state index in [4.69, 9.17) is 4.74 Å². The summed E-state index contributed by atoms with van der Waals surface area (Å²) in [6, 6.07) is 6.14. The molecule has 0 bridgehead atoms. The number of halogens is 1. The summed E-state index contributed by atoms with van der Waals surface area (Å²) in [5.41, 5.74) is 0.710. The van der Waals surface area contributed by atoms with Gasteiger partial charge in [-0.2, -0.15) is 0 Å². The fraction of sp³-hybridized carbons (Fsp3) is 0.588. The van der Waals surface area contributed by atoms with Gasteiger partial charge >= 0.3 is 5.97 Å². The van der Waals surface area contributed by atoms with Crippen molar-refractivity contribution in [2.75, 3.05) is 0 Å². The number of carbonyl (C=O) groups excluding carboxylic acids is 1. The lowest BCUT2D eigenvalue weighted by Crippen LogP contribution is -2.38. The summed E-state index contributed by atoms with van der Waals surface area (Å²) in [6.07, 6.45) is 1.74. The highest BCUT2D eigenvalue weighted by molar-refractivity contribution is 9.10. The molecule has 0 heterocycles. The molecule has 0 saturated carbocycles. The first-order valence-electron chi connectivity index (χ1n) is 7.26. The van der Waals surface area contributed by atoms with Crippen molar-refractivity contribution < 1.29 is 9.53 Å². The minimum Gasteiger partial charge on any atom is -0.459 e. The van der Waals surface area contributed by atoms with Crippen LogP contribution >= 0.6 is 27.7 Å². The number of hydrogen-bond donors (Lipinski definition) is 0. The van der Waals surface area contributed by atoms with Crippen molar-refractivity contribution in [3.63, 3.8) is 0 Å². The highest BCUT2D eigenvalue weighted by Gasteiger charge is 2.37. The summed E-state index contributed by atoms with van der Waals surface area (Å²) in [6.45, 7) is 11.9. The molecule has 0 spiro atoms. The van der Waals surface area contributed by atoms with Gasteiger partial charge in [-0.15, -0.1) is 11.8 Å². The number of aryl methyl sites for hydroxylation is 1. The molecular weight excluding hydrogens is 348 g/mol. The Hall–Kier alpha value is -0.480. The number of carbonyl (C=O) groups is 1. The lowest BCUT2D eigenvalue weighted by molar-refractivity contribution is -0.157. The highest BCUT2D eigenvalue weighted by Crippen LogP contribution is 2.40. The van der Waals surface area contributed by atoms with Gasteiger partial charge in [0.25, 0.3) is 0 Å². The Kier molecular flexibility index (Phi) is 6.36. The van der Waals surface area contributed by atoms with E-state index in [9.17, 15) is 4.79 Å². The molecule has 0 amide bonds. The zero-order valence-electron chi connectivity index (χ0n) is 13.7. The normalized spacial score (nSPS) is 14.6. The third-order valence-corrected chi connectivity index (χ3v) is 5.02. The quantitative estimate of drug-likeness (QED) is 0.486. The molecule has 1 rings (SSSR count). The van der Waals surface area contributed by atoms with E-state index in [2.05, 4.69) is 41.9 Å². The van der Waals surface area contributed by atoms with Crippen LogP contribution in [0.3, 0.4) is 0 Å². The minimum atomic E-state index is -0.555.